The molecule has 0 radical (unpaired) electrons. The van der Waals surface area contributed by atoms with Gasteiger partial charge in [0, 0.05) is 41.8 Å². The number of nitrogens with zero attached hydrogens (tertiary/aromatic N) is 4. The Labute approximate surface area is 167 Å². The second-order valence-electron chi connectivity index (χ2n) is 5.89. The fourth-order valence-corrected chi connectivity index (χ4v) is 2.55. The summed E-state index contributed by atoms with van der Waals surface area (Å²) >= 11 is 5.85. The third-order valence-electron chi connectivity index (χ3n) is 3.94. The summed E-state index contributed by atoms with van der Waals surface area (Å²) in [5.41, 5.74) is -0.420. The number of non-ortho nitro benzene ring substituents is 1. The van der Waals surface area contributed by atoms with Gasteiger partial charge in [-0.2, -0.15) is 18.2 Å². The summed E-state index contributed by atoms with van der Waals surface area (Å²) in [7, 11) is 1.60. The summed E-state index contributed by atoms with van der Waals surface area (Å²) in [5, 5.41) is 13.8. The average Bonchev–Trinajstić information content (AvgIpc) is 2.67. The van der Waals surface area contributed by atoms with E-state index in [1.165, 1.54) is 29.2 Å². The zero-order chi connectivity index (χ0) is 21.2. The number of nitro benzene ring substituents is 1. The van der Waals surface area contributed by atoms with Crippen molar-refractivity contribution < 1.29 is 18.1 Å². The van der Waals surface area contributed by atoms with Crippen molar-refractivity contribution in [1.29, 1.82) is 0 Å². The van der Waals surface area contributed by atoms with Crippen LogP contribution in [0.4, 0.5) is 42.0 Å². The molecule has 7 nitrogen and oxygen atoms in total. The minimum Gasteiger partial charge on any atom is -0.340 e. The number of hydrogen-bond donors (Lipinski definition) is 1. The first-order chi connectivity index (χ1) is 13.6. The predicted molar refractivity (Wildman–Crippen MR) is 103 cm³/mol. The van der Waals surface area contributed by atoms with Crippen LogP contribution in [0, 0.1) is 10.1 Å². The highest BCUT2D eigenvalue weighted by molar-refractivity contribution is 6.30. The molecule has 2 aromatic carbocycles. The van der Waals surface area contributed by atoms with Crippen LogP contribution in [0.25, 0.3) is 0 Å². The fraction of sp³-hybridized carbons (Fsp3) is 0.111. The van der Waals surface area contributed by atoms with Crippen molar-refractivity contribution in [1.82, 2.24) is 9.97 Å². The summed E-state index contributed by atoms with van der Waals surface area (Å²) in [6, 6.07) is 11.6. The molecule has 29 heavy (non-hydrogen) atoms. The van der Waals surface area contributed by atoms with Crippen molar-refractivity contribution in [3.63, 3.8) is 0 Å². The van der Waals surface area contributed by atoms with Gasteiger partial charge in [0.25, 0.3) is 5.69 Å². The van der Waals surface area contributed by atoms with Gasteiger partial charge >= 0.3 is 6.18 Å². The molecule has 0 aliphatic heterocycles. The first kappa shape index (κ1) is 20.3. The van der Waals surface area contributed by atoms with E-state index in [1.807, 2.05) is 0 Å². The molecule has 1 aromatic heterocycles. The van der Waals surface area contributed by atoms with Crippen LogP contribution in [0.1, 0.15) is 5.56 Å². The molecule has 0 fully saturated rings. The van der Waals surface area contributed by atoms with E-state index in [9.17, 15) is 23.3 Å². The molecule has 0 unspecified atom stereocenters. The Morgan fingerprint density at radius 2 is 1.72 bits per heavy atom. The largest absolute Gasteiger partial charge is 0.421 e. The summed E-state index contributed by atoms with van der Waals surface area (Å²) in [4.78, 5) is 19.5. The average molecular weight is 424 g/mol. The van der Waals surface area contributed by atoms with Crippen molar-refractivity contribution in [2.75, 3.05) is 17.3 Å². The lowest BCUT2D eigenvalue weighted by Gasteiger charge is -2.20. The topological polar surface area (TPSA) is 84.2 Å². The first-order valence-electron chi connectivity index (χ1n) is 8.10. The molecular formula is C18H13ClF3N5O2. The molecule has 0 spiro atoms. The molecule has 0 saturated carbocycles. The Morgan fingerprint density at radius 3 is 2.28 bits per heavy atom. The third-order valence-corrected chi connectivity index (χ3v) is 4.19. The van der Waals surface area contributed by atoms with E-state index in [0.717, 1.165) is 0 Å². The maximum absolute atomic E-state index is 13.4. The van der Waals surface area contributed by atoms with E-state index >= 15 is 0 Å². The van der Waals surface area contributed by atoms with Crippen molar-refractivity contribution >= 4 is 40.4 Å². The van der Waals surface area contributed by atoms with Crippen LogP contribution in [0.3, 0.4) is 0 Å². The molecule has 1 heterocycles. The summed E-state index contributed by atoms with van der Waals surface area (Å²) < 4.78 is 40.2. The summed E-state index contributed by atoms with van der Waals surface area (Å²) in [6.07, 6.45) is -4.01. The van der Waals surface area contributed by atoms with Crippen molar-refractivity contribution in [2.24, 2.45) is 0 Å². The van der Waals surface area contributed by atoms with Crippen LogP contribution in [0.15, 0.2) is 54.7 Å². The first-order valence-corrected chi connectivity index (χ1v) is 8.48. The van der Waals surface area contributed by atoms with Crippen LogP contribution in [-0.2, 0) is 6.18 Å². The highest BCUT2D eigenvalue weighted by Crippen LogP contribution is 2.36. The van der Waals surface area contributed by atoms with Crippen LogP contribution in [0.5, 0.6) is 0 Å². The minimum atomic E-state index is -4.69. The van der Waals surface area contributed by atoms with Crippen molar-refractivity contribution in [2.45, 2.75) is 6.18 Å². The highest BCUT2D eigenvalue weighted by atomic mass is 35.5. The van der Waals surface area contributed by atoms with Gasteiger partial charge in [-0.1, -0.05) is 11.6 Å². The SMILES string of the molecule is CN(c1ccc(Cl)cc1)c1ncc(C(F)(F)F)c(Nc2ccc([N+](=O)[O-])cc2)n1. The van der Waals surface area contributed by atoms with E-state index < -0.39 is 22.5 Å². The Balaban J connectivity index is 1.97. The number of anilines is 4. The third kappa shape index (κ3) is 4.72. The number of rotatable bonds is 5. The lowest BCUT2D eigenvalue weighted by molar-refractivity contribution is -0.384. The Bertz CT molecular complexity index is 1030. The Kier molecular flexibility index (Phi) is 5.55. The summed E-state index contributed by atoms with van der Waals surface area (Å²) in [5.74, 6) is -0.457. The van der Waals surface area contributed by atoms with Gasteiger partial charge in [0.05, 0.1) is 4.92 Å². The normalized spacial score (nSPS) is 11.2. The fourth-order valence-electron chi connectivity index (χ4n) is 2.42. The molecule has 0 aliphatic rings. The molecule has 0 amide bonds. The number of alkyl halides is 3. The second-order valence-corrected chi connectivity index (χ2v) is 6.33. The van der Waals surface area contributed by atoms with Gasteiger partial charge in [0.2, 0.25) is 5.95 Å². The molecular weight excluding hydrogens is 411 g/mol. The number of halogens is 4. The molecule has 150 valence electrons. The molecule has 0 atom stereocenters. The molecule has 3 rings (SSSR count). The van der Waals surface area contributed by atoms with E-state index in [2.05, 4.69) is 15.3 Å². The molecule has 0 saturated heterocycles. The van der Waals surface area contributed by atoms with E-state index in [4.69, 9.17) is 11.6 Å². The van der Waals surface area contributed by atoms with Crippen LogP contribution >= 0.6 is 11.6 Å². The number of nitro groups is 1. The molecule has 1 N–H and O–H groups in total. The van der Waals surface area contributed by atoms with Gasteiger partial charge in [-0.15, -0.1) is 0 Å². The maximum atomic E-state index is 13.4. The second kappa shape index (κ2) is 7.92. The predicted octanol–water partition coefficient (Wildman–Crippen LogP) is 5.57. The van der Waals surface area contributed by atoms with Gasteiger partial charge in [-0.3, -0.25) is 10.1 Å². The molecule has 0 aliphatic carbocycles. The number of benzene rings is 2. The van der Waals surface area contributed by atoms with E-state index in [1.54, 1.807) is 31.3 Å². The number of nitrogens with one attached hydrogen (secondary N) is 1. The Morgan fingerprint density at radius 1 is 1.10 bits per heavy atom. The molecule has 0 bridgehead atoms. The van der Waals surface area contributed by atoms with Crippen LogP contribution in [0.2, 0.25) is 5.02 Å². The van der Waals surface area contributed by atoms with Gasteiger partial charge in [-0.05, 0) is 36.4 Å². The molecule has 3 aromatic rings. The van der Waals surface area contributed by atoms with Crippen LogP contribution in [-0.4, -0.2) is 21.9 Å². The van der Waals surface area contributed by atoms with E-state index in [-0.39, 0.29) is 17.3 Å². The number of hydrogen-bond acceptors (Lipinski definition) is 6. The lowest BCUT2D eigenvalue weighted by atomic mass is 10.2. The quantitative estimate of drug-likeness (QED) is 0.426. The molecule has 11 heteroatoms. The highest BCUT2D eigenvalue weighted by Gasteiger charge is 2.35. The zero-order valence-corrected chi connectivity index (χ0v) is 15.6. The lowest BCUT2D eigenvalue weighted by Crippen LogP contribution is -2.17. The van der Waals surface area contributed by atoms with Gasteiger partial charge in [0.1, 0.15) is 11.4 Å². The van der Waals surface area contributed by atoms with Gasteiger partial charge < -0.3 is 10.2 Å². The van der Waals surface area contributed by atoms with Crippen molar-refractivity contribution in [3.05, 3.63) is 75.4 Å². The van der Waals surface area contributed by atoms with Crippen molar-refractivity contribution in [3.8, 4) is 0 Å². The summed E-state index contributed by atoms with van der Waals surface area (Å²) in [6.45, 7) is 0. The monoisotopic (exact) mass is 423 g/mol. The number of aromatic nitrogens is 2. The van der Waals surface area contributed by atoms with Crippen LogP contribution < -0.4 is 10.2 Å². The minimum absolute atomic E-state index is 0.0183. The van der Waals surface area contributed by atoms with Gasteiger partial charge in [0.15, 0.2) is 0 Å². The Hall–Kier alpha value is -3.40. The standard InChI is InChI=1S/C18H13ClF3N5O2/c1-26(13-6-2-11(19)3-7-13)17-23-10-15(18(20,21)22)16(25-17)24-12-4-8-14(9-5-12)27(28)29/h2-10H,1H3,(H,23,24,25). The van der Waals surface area contributed by atoms with Gasteiger partial charge in [-0.25, -0.2) is 4.98 Å². The zero-order valence-electron chi connectivity index (χ0n) is 14.8. The van der Waals surface area contributed by atoms with E-state index in [0.29, 0.717) is 16.9 Å². The maximum Gasteiger partial charge on any atom is 0.421 e. The smallest absolute Gasteiger partial charge is 0.340 e.